The van der Waals surface area contributed by atoms with Gasteiger partial charge in [0, 0.05) is 38.8 Å². The van der Waals surface area contributed by atoms with Crippen molar-refractivity contribution in [3.63, 3.8) is 0 Å². The molecule has 0 unspecified atom stereocenters. The minimum Gasteiger partial charge on any atom is -0.493 e. The highest BCUT2D eigenvalue weighted by Crippen LogP contribution is 2.28. The Kier molecular flexibility index (Phi) is 8.58. The normalized spacial score (nSPS) is 14.7. The molecule has 0 saturated carbocycles. The number of alkyl halides is 3. The van der Waals surface area contributed by atoms with E-state index in [1.54, 1.807) is 41.3 Å². The van der Waals surface area contributed by atoms with Crippen molar-refractivity contribution >= 4 is 17.9 Å². The van der Waals surface area contributed by atoms with E-state index in [1.165, 1.54) is 25.3 Å². The SMILES string of the molecule is COc1cc(/C=C/C(=O)N2CCN(Cc3ccc(OC(F)(F)F)cc3)CC2)ccc1OCC(N)=O. The van der Waals surface area contributed by atoms with Gasteiger partial charge in [0.2, 0.25) is 5.91 Å². The molecule has 1 saturated heterocycles. The summed E-state index contributed by atoms with van der Waals surface area (Å²) >= 11 is 0. The molecule has 0 aromatic heterocycles. The van der Waals surface area contributed by atoms with Crippen molar-refractivity contribution in [3.05, 3.63) is 59.7 Å². The maximum atomic E-state index is 12.6. The van der Waals surface area contributed by atoms with Crippen molar-refractivity contribution in [2.45, 2.75) is 12.9 Å². The van der Waals surface area contributed by atoms with E-state index in [9.17, 15) is 22.8 Å². The number of hydrogen-bond acceptors (Lipinski definition) is 6. The summed E-state index contributed by atoms with van der Waals surface area (Å²) < 4.78 is 51.3. The Balaban J connectivity index is 1.49. The van der Waals surface area contributed by atoms with E-state index in [4.69, 9.17) is 15.2 Å². The van der Waals surface area contributed by atoms with Gasteiger partial charge in [0.1, 0.15) is 5.75 Å². The molecule has 0 atom stereocenters. The van der Waals surface area contributed by atoms with Crippen molar-refractivity contribution in [2.24, 2.45) is 5.73 Å². The molecule has 8 nitrogen and oxygen atoms in total. The minimum atomic E-state index is -4.71. The van der Waals surface area contributed by atoms with Crippen molar-refractivity contribution in [2.75, 3.05) is 39.9 Å². The Hall–Kier alpha value is -3.73. The molecule has 2 N–H and O–H groups in total. The summed E-state index contributed by atoms with van der Waals surface area (Å²) in [7, 11) is 1.47. The molecule has 0 bridgehead atoms. The fourth-order valence-electron chi connectivity index (χ4n) is 3.51. The first-order valence-electron chi connectivity index (χ1n) is 10.8. The summed E-state index contributed by atoms with van der Waals surface area (Å²) in [6.45, 7) is 2.63. The first kappa shape index (κ1) is 25.9. The average Bonchev–Trinajstić information content (AvgIpc) is 2.82. The van der Waals surface area contributed by atoms with E-state index < -0.39 is 12.3 Å². The lowest BCUT2D eigenvalue weighted by atomic mass is 10.1. The summed E-state index contributed by atoms with van der Waals surface area (Å²) in [5, 5.41) is 0. The monoisotopic (exact) mass is 493 g/mol. The number of carbonyl (C=O) groups is 2. The lowest BCUT2D eigenvalue weighted by Crippen LogP contribution is -2.47. The highest BCUT2D eigenvalue weighted by atomic mass is 19.4. The molecular weight excluding hydrogens is 467 g/mol. The Labute approximate surface area is 200 Å². The number of nitrogens with zero attached hydrogens (tertiary/aromatic N) is 2. The molecule has 0 spiro atoms. The summed E-state index contributed by atoms with van der Waals surface area (Å²) in [6.07, 6.45) is -1.57. The summed E-state index contributed by atoms with van der Waals surface area (Å²) in [5.74, 6) is -0.212. The van der Waals surface area contributed by atoms with E-state index in [0.29, 0.717) is 44.2 Å². The Morgan fingerprint density at radius 3 is 2.31 bits per heavy atom. The number of carbonyl (C=O) groups excluding carboxylic acids is 2. The predicted molar refractivity (Wildman–Crippen MR) is 122 cm³/mol. The van der Waals surface area contributed by atoms with Crippen LogP contribution in [0.4, 0.5) is 13.2 Å². The van der Waals surface area contributed by atoms with Gasteiger partial charge in [-0.05, 0) is 41.5 Å². The zero-order valence-corrected chi connectivity index (χ0v) is 19.1. The van der Waals surface area contributed by atoms with Crippen LogP contribution in [0.2, 0.25) is 0 Å². The van der Waals surface area contributed by atoms with Gasteiger partial charge in [-0.15, -0.1) is 13.2 Å². The standard InChI is InChI=1S/C24H26F3N3O5/c1-33-21-14-17(4-8-20(21)34-16-22(28)31)5-9-23(32)30-12-10-29(11-13-30)15-18-2-6-19(7-3-18)35-24(25,26)27/h2-9,14H,10-13,15-16H2,1H3,(H2,28,31)/b9-5+. The lowest BCUT2D eigenvalue weighted by Gasteiger charge is -2.34. The van der Waals surface area contributed by atoms with Crippen LogP contribution in [-0.4, -0.2) is 67.9 Å². The molecular formula is C24H26F3N3O5. The number of primary amides is 1. The van der Waals surface area contributed by atoms with Gasteiger partial charge < -0.3 is 24.8 Å². The quantitative estimate of drug-likeness (QED) is 0.540. The molecule has 2 amide bonds. The fraction of sp³-hybridized carbons (Fsp3) is 0.333. The second kappa shape index (κ2) is 11.6. The van der Waals surface area contributed by atoms with E-state index >= 15 is 0 Å². The van der Waals surface area contributed by atoms with Gasteiger partial charge in [-0.3, -0.25) is 14.5 Å². The number of hydrogen-bond donors (Lipinski definition) is 1. The van der Waals surface area contributed by atoms with Gasteiger partial charge in [0.15, 0.2) is 18.1 Å². The molecule has 1 heterocycles. The van der Waals surface area contributed by atoms with Gasteiger partial charge in [-0.25, -0.2) is 0 Å². The van der Waals surface area contributed by atoms with Gasteiger partial charge in [-0.2, -0.15) is 0 Å². The van der Waals surface area contributed by atoms with E-state index in [1.807, 2.05) is 0 Å². The molecule has 0 radical (unpaired) electrons. The fourth-order valence-corrected chi connectivity index (χ4v) is 3.51. The molecule has 11 heteroatoms. The van der Waals surface area contributed by atoms with Crippen molar-refractivity contribution in [1.29, 1.82) is 0 Å². The highest BCUT2D eigenvalue weighted by Gasteiger charge is 2.31. The highest BCUT2D eigenvalue weighted by molar-refractivity contribution is 5.92. The molecule has 1 fully saturated rings. The number of rotatable bonds is 9. The average molecular weight is 493 g/mol. The number of halogens is 3. The summed E-state index contributed by atoms with van der Waals surface area (Å²) in [6, 6.07) is 10.8. The Bertz CT molecular complexity index is 1050. The zero-order chi connectivity index (χ0) is 25.4. The van der Waals surface area contributed by atoms with Crippen LogP contribution >= 0.6 is 0 Å². The van der Waals surface area contributed by atoms with Crippen LogP contribution in [0, 0.1) is 0 Å². The van der Waals surface area contributed by atoms with Crippen molar-refractivity contribution < 1.29 is 37.0 Å². The Morgan fingerprint density at radius 2 is 1.71 bits per heavy atom. The van der Waals surface area contributed by atoms with Crippen LogP contribution < -0.4 is 19.9 Å². The van der Waals surface area contributed by atoms with Crippen LogP contribution in [0.15, 0.2) is 48.5 Å². The van der Waals surface area contributed by atoms with Crippen LogP contribution in [0.25, 0.3) is 6.08 Å². The smallest absolute Gasteiger partial charge is 0.493 e. The van der Waals surface area contributed by atoms with Crippen molar-refractivity contribution in [3.8, 4) is 17.2 Å². The third-order valence-corrected chi connectivity index (χ3v) is 5.22. The third-order valence-electron chi connectivity index (χ3n) is 5.22. The van der Waals surface area contributed by atoms with Crippen LogP contribution in [0.5, 0.6) is 17.2 Å². The molecule has 2 aromatic carbocycles. The van der Waals surface area contributed by atoms with Gasteiger partial charge in [-0.1, -0.05) is 18.2 Å². The first-order valence-corrected chi connectivity index (χ1v) is 10.8. The van der Waals surface area contributed by atoms with E-state index in [2.05, 4.69) is 9.64 Å². The maximum absolute atomic E-state index is 12.6. The van der Waals surface area contributed by atoms with Crippen LogP contribution in [0.1, 0.15) is 11.1 Å². The number of amides is 2. The molecule has 188 valence electrons. The zero-order valence-electron chi connectivity index (χ0n) is 19.1. The van der Waals surface area contributed by atoms with Crippen molar-refractivity contribution in [1.82, 2.24) is 9.80 Å². The number of piperazine rings is 1. The second-order valence-electron chi connectivity index (χ2n) is 7.79. The third kappa shape index (κ3) is 8.21. The number of benzene rings is 2. The molecule has 1 aliphatic heterocycles. The number of nitrogens with two attached hydrogens (primary N) is 1. The van der Waals surface area contributed by atoms with E-state index in [-0.39, 0.29) is 18.3 Å². The first-order chi connectivity index (χ1) is 16.6. The van der Waals surface area contributed by atoms with Gasteiger partial charge >= 0.3 is 6.36 Å². The topological polar surface area (TPSA) is 94.3 Å². The van der Waals surface area contributed by atoms with E-state index in [0.717, 1.165) is 11.1 Å². The summed E-state index contributed by atoms with van der Waals surface area (Å²) in [5.41, 5.74) is 6.66. The molecule has 0 aliphatic carbocycles. The second-order valence-corrected chi connectivity index (χ2v) is 7.79. The molecule has 1 aliphatic rings. The number of methoxy groups -OCH3 is 1. The van der Waals surface area contributed by atoms with Gasteiger partial charge in [0.25, 0.3) is 5.91 Å². The molecule has 2 aromatic rings. The Morgan fingerprint density at radius 1 is 1.03 bits per heavy atom. The largest absolute Gasteiger partial charge is 0.573 e. The number of ether oxygens (including phenoxy) is 3. The van der Waals surface area contributed by atoms with Gasteiger partial charge in [0.05, 0.1) is 7.11 Å². The lowest BCUT2D eigenvalue weighted by molar-refractivity contribution is -0.274. The minimum absolute atomic E-state index is 0.133. The predicted octanol–water partition coefficient (Wildman–Crippen LogP) is 2.82. The molecule has 3 rings (SSSR count). The van der Waals surface area contributed by atoms with Crippen LogP contribution in [-0.2, 0) is 16.1 Å². The molecule has 35 heavy (non-hydrogen) atoms. The summed E-state index contributed by atoms with van der Waals surface area (Å²) in [4.78, 5) is 27.3. The van der Waals surface area contributed by atoms with Crippen LogP contribution in [0.3, 0.4) is 0 Å². The maximum Gasteiger partial charge on any atom is 0.573 e.